The third kappa shape index (κ3) is 4.30. The Bertz CT molecular complexity index is 1290. The number of aromatic hydroxyl groups is 2. The second kappa shape index (κ2) is 8.52. The molecule has 0 spiro atoms. The van der Waals surface area contributed by atoms with Gasteiger partial charge in [0.05, 0.1) is 0 Å². The van der Waals surface area contributed by atoms with Crippen LogP contribution in [0.3, 0.4) is 0 Å². The Hall–Kier alpha value is -4.18. The predicted molar refractivity (Wildman–Crippen MR) is 126 cm³/mol. The molecule has 4 aromatic carbocycles. The van der Waals surface area contributed by atoms with Crippen LogP contribution in [0, 0.1) is 0 Å². The maximum atomic E-state index is 10.4. The van der Waals surface area contributed by atoms with Crippen molar-refractivity contribution in [2.24, 2.45) is 0 Å². The summed E-state index contributed by atoms with van der Waals surface area (Å²) < 4.78 is 12.0. The number of ether oxygens (including phenoxy) is 2. The van der Waals surface area contributed by atoms with E-state index in [2.05, 4.69) is 6.07 Å². The van der Waals surface area contributed by atoms with E-state index in [4.69, 9.17) is 9.47 Å². The van der Waals surface area contributed by atoms with Crippen LogP contribution in [0.15, 0.2) is 84.9 Å². The molecule has 6 bridgehead atoms. The molecule has 0 aromatic heterocycles. The number of hydrogen-bond acceptors (Lipinski definition) is 4. The molecule has 0 radical (unpaired) electrons. The summed E-state index contributed by atoms with van der Waals surface area (Å²) in [5, 5.41) is 20.7. The number of aryl methyl sites for hydroxylation is 2. The Morgan fingerprint density at radius 2 is 1.38 bits per heavy atom. The number of para-hydroxylation sites is 1. The molecule has 2 aliphatic heterocycles. The highest BCUT2D eigenvalue weighted by Gasteiger charge is 2.11. The maximum Gasteiger partial charge on any atom is 0.176 e. The fraction of sp³-hybridized carbons (Fsp3) is 0.0714. The van der Waals surface area contributed by atoms with Crippen LogP contribution >= 0.6 is 0 Å². The van der Waals surface area contributed by atoms with Crippen molar-refractivity contribution in [3.05, 3.63) is 107 Å². The molecule has 2 N–H and O–H groups in total. The van der Waals surface area contributed by atoms with Crippen molar-refractivity contribution in [3.8, 4) is 34.5 Å². The third-order valence-electron chi connectivity index (χ3n) is 5.43. The first-order chi connectivity index (χ1) is 15.6. The summed E-state index contributed by atoms with van der Waals surface area (Å²) in [6.45, 7) is 0. The molecule has 158 valence electrons. The van der Waals surface area contributed by atoms with E-state index in [1.165, 1.54) is 0 Å². The molecule has 0 fully saturated rings. The molecular weight excluding hydrogens is 400 g/mol. The zero-order chi connectivity index (χ0) is 21.9. The molecule has 4 aromatic rings. The van der Waals surface area contributed by atoms with Crippen LogP contribution in [0.1, 0.15) is 22.3 Å². The molecule has 32 heavy (non-hydrogen) atoms. The van der Waals surface area contributed by atoms with Gasteiger partial charge >= 0.3 is 0 Å². The summed E-state index contributed by atoms with van der Waals surface area (Å²) in [5.41, 5.74) is 3.92. The lowest BCUT2D eigenvalue weighted by molar-refractivity contribution is 0.410. The van der Waals surface area contributed by atoms with Gasteiger partial charge in [-0.25, -0.2) is 0 Å². The molecule has 2 heterocycles. The molecule has 0 atom stereocenters. The number of fused-ring (bicyclic) bond motifs is 3. The summed E-state index contributed by atoms with van der Waals surface area (Å²) in [7, 11) is 0. The molecular formula is C28H22O4. The van der Waals surface area contributed by atoms with Gasteiger partial charge in [0.1, 0.15) is 11.5 Å². The van der Waals surface area contributed by atoms with Gasteiger partial charge in [-0.3, -0.25) is 0 Å². The Labute approximate surface area is 186 Å². The first kappa shape index (κ1) is 19.8. The Kier molecular flexibility index (Phi) is 5.26. The van der Waals surface area contributed by atoms with E-state index in [9.17, 15) is 10.2 Å². The minimum Gasteiger partial charge on any atom is -0.504 e. The van der Waals surface area contributed by atoms with Crippen LogP contribution in [0.5, 0.6) is 34.5 Å². The summed E-state index contributed by atoms with van der Waals surface area (Å²) in [6, 6.07) is 26.2. The molecule has 2 aliphatic rings. The molecule has 0 amide bonds. The van der Waals surface area contributed by atoms with Gasteiger partial charge in [0.15, 0.2) is 23.0 Å². The van der Waals surface area contributed by atoms with E-state index in [1.54, 1.807) is 18.2 Å². The zero-order valence-corrected chi connectivity index (χ0v) is 17.4. The Morgan fingerprint density at radius 3 is 2.22 bits per heavy atom. The first-order valence-corrected chi connectivity index (χ1v) is 10.5. The fourth-order valence-corrected chi connectivity index (χ4v) is 3.71. The van der Waals surface area contributed by atoms with Crippen LogP contribution < -0.4 is 9.47 Å². The minimum atomic E-state index is 0.0901. The minimum absolute atomic E-state index is 0.0901. The van der Waals surface area contributed by atoms with Gasteiger partial charge in [-0.15, -0.1) is 0 Å². The van der Waals surface area contributed by atoms with Crippen molar-refractivity contribution in [1.82, 2.24) is 0 Å². The standard InChI is InChI=1S/C28H22O4/c29-25-16-12-21-8-7-20-3-1-5-24(17-20)32-28-22(4-2-6-26(28)30)13-9-19-10-14-23(15-11-19)31-27(25)18-21/h1-6,9-18,29-30H,7-8H2/b13-9+. The van der Waals surface area contributed by atoms with Crippen LogP contribution in [0.4, 0.5) is 0 Å². The molecule has 0 saturated carbocycles. The van der Waals surface area contributed by atoms with Crippen LogP contribution in [-0.4, -0.2) is 10.2 Å². The molecule has 0 saturated heterocycles. The molecule has 0 unspecified atom stereocenters. The normalized spacial score (nSPS) is 13.8. The van der Waals surface area contributed by atoms with Crippen molar-refractivity contribution < 1.29 is 19.7 Å². The number of rotatable bonds is 0. The largest absolute Gasteiger partial charge is 0.504 e. The van der Waals surface area contributed by atoms with Crippen molar-refractivity contribution >= 4 is 12.2 Å². The van der Waals surface area contributed by atoms with Gasteiger partial charge in [0.25, 0.3) is 0 Å². The lowest BCUT2D eigenvalue weighted by atomic mass is 10.0. The van der Waals surface area contributed by atoms with Gasteiger partial charge in [0, 0.05) is 5.56 Å². The topological polar surface area (TPSA) is 58.9 Å². The lowest BCUT2D eigenvalue weighted by Crippen LogP contribution is -1.95. The van der Waals surface area contributed by atoms with Gasteiger partial charge in [0.2, 0.25) is 0 Å². The van der Waals surface area contributed by atoms with Crippen LogP contribution in [0.25, 0.3) is 12.2 Å². The zero-order valence-electron chi connectivity index (χ0n) is 17.4. The van der Waals surface area contributed by atoms with Crippen LogP contribution in [0.2, 0.25) is 0 Å². The van der Waals surface area contributed by atoms with E-state index in [1.807, 2.05) is 72.8 Å². The van der Waals surface area contributed by atoms with Gasteiger partial charge < -0.3 is 19.7 Å². The summed E-state index contributed by atoms with van der Waals surface area (Å²) >= 11 is 0. The van der Waals surface area contributed by atoms with Gasteiger partial charge in [-0.1, -0.05) is 54.6 Å². The quantitative estimate of drug-likeness (QED) is 0.322. The summed E-state index contributed by atoms with van der Waals surface area (Å²) in [5.74, 6) is 2.37. The van der Waals surface area contributed by atoms with Crippen LogP contribution in [-0.2, 0) is 12.8 Å². The molecule has 0 aliphatic carbocycles. The maximum absolute atomic E-state index is 10.4. The Morgan fingerprint density at radius 1 is 0.594 bits per heavy atom. The van der Waals surface area contributed by atoms with Gasteiger partial charge in [-0.05, 0) is 72.0 Å². The summed E-state index contributed by atoms with van der Waals surface area (Å²) in [4.78, 5) is 0. The van der Waals surface area contributed by atoms with Gasteiger partial charge in [-0.2, -0.15) is 0 Å². The highest BCUT2D eigenvalue weighted by atomic mass is 16.5. The predicted octanol–water partition coefficient (Wildman–Crippen LogP) is 6.95. The molecule has 6 rings (SSSR count). The van der Waals surface area contributed by atoms with Crippen molar-refractivity contribution in [3.63, 3.8) is 0 Å². The van der Waals surface area contributed by atoms with E-state index in [0.717, 1.165) is 35.1 Å². The first-order valence-electron chi connectivity index (χ1n) is 10.5. The summed E-state index contributed by atoms with van der Waals surface area (Å²) in [6.07, 6.45) is 5.43. The third-order valence-corrected chi connectivity index (χ3v) is 5.43. The highest BCUT2D eigenvalue weighted by Crippen LogP contribution is 2.36. The second-order valence-electron chi connectivity index (χ2n) is 7.75. The lowest BCUT2D eigenvalue weighted by Gasteiger charge is -2.13. The number of phenols is 2. The fourth-order valence-electron chi connectivity index (χ4n) is 3.71. The number of phenolic OH excluding ortho intramolecular Hbond substituents is 2. The van der Waals surface area contributed by atoms with Crippen molar-refractivity contribution in [1.29, 1.82) is 0 Å². The van der Waals surface area contributed by atoms with E-state index < -0.39 is 0 Å². The monoisotopic (exact) mass is 422 g/mol. The van der Waals surface area contributed by atoms with Crippen molar-refractivity contribution in [2.45, 2.75) is 12.8 Å². The highest BCUT2D eigenvalue weighted by molar-refractivity contribution is 5.74. The molecule has 4 heteroatoms. The number of hydrogen-bond donors (Lipinski definition) is 2. The van der Waals surface area contributed by atoms with E-state index in [0.29, 0.717) is 23.0 Å². The molecule has 4 nitrogen and oxygen atoms in total. The smallest absolute Gasteiger partial charge is 0.176 e. The van der Waals surface area contributed by atoms with Crippen molar-refractivity contribution in [2.75, 3.05) is 0 Å². The number of benzene rings is 4. The van der Waals surface area contributed by atoms with E-state index >= 15 is 0 Å². The SMILES string of the molecule is Oc1ccc2cc1Oc1ccc(cc1)/C=C/c1cccc(O)c1Oc1cccc(c1)CC2. The Balaban J connectivity index is 1.59. The van der Waals surface area contributed by atoms with E-state index in [-0.39, 0.29) is 11.5 Å². The average molecular weight is 422 g/mol. The second-order valence-corrected chi connectivity index (χ2v) is 7.75. The average Bonchev–Trinajstić information content (AvgIpc) is 2.81.